The topological polar surface area (TPSA) is 42.3 Å². The second-order valence-electron chi connectivity index (χ2n) is 7.97. The van der Waals surface area contributed by atoms with Crippen molar-refractivity contribution in [2.45, 2.75) is 20.0 Å². The molecule has 4 aromatic rings. The van der Waals surface area contributed by atoms with Crippen LogP contribution in [0.3, 0.4) is 0 Å². The first-order valence-electron chi connectivity index (χ1n) is 10.5. The van der Waals surface area contributed by atoms with Crippen molar-refractivity contribution in [3.8, 4) is 0 Å². The third-order valence-corrected chi connectivity index (χ3v) is 6.54. The maximum absolute atomic E-state index is 13.0. The van der Waals surface area contributed by atoms with Gasteiger partial charge in [0.05, 0.1) is 11.4 Å². The summed E-state index contributed by atoms with van der Waals surface area (Å²) in [6.45, 7) is 3.04. The number of rotatable bonds is 5. The van der Waals surface area contributed by atoms with Crippen LogP contribution in [0.1, 0.15) is 22.3 Å². The molecule has 32 heavy (non-hydrogen) atoms. The van der Waals surface area contributed by atoms with Crippen LogP contribution < -0.4 is 0 Å². The zero-order valence-electron chi connectivity index (χ0n) is 17.7. The van der Waals surface area contributed by atoms with Gasteiger partial charge in [0.2, 0.25) is 0 Å². The fraction of sp³-hybridized carbons (Fsp3) is 0.111. The third-order valence-electron chi connectivity index (χ3n) is 5.64. The molecule has 0 N–H and O–H groups in total. The quantitative estimate of drug-likeness (QED) is 0.347. The highest BCUT2D eigenvalue weighted by atomic mass is 32.2. The first-order chi connectivity index (χ1) is 15.6. The molecule has 0 radical (unpaired) electrons. The van der Waals surface area contributed by atoms with Crippen LogP contribution >= 0.6 is 11.8 Å². The molecular formula is C27H22N2O2S. The van der Waals surface area contributed by atoms with Crippen LogP contribution in [0.15, 0.2) is 90.0 Å². The highest BCUT2D eigenvalue weighted by Crippen LogP contribution is 2.35. The van der Waals surface area contributed by atoms with Gasteiger partial charge in [0, 0.05) is 29.2 Å². The highest BCUT2D eigenvalue weighted by molar-refractivity contribution is 8.18. The van der Waals surface area contributed by atoms with Crippen molar-refractivity contribution in [2.24, 2.45) is 0 Å². The van der Waals surface area contributed by atoms with Crippen LogP contribution in [0.25, 0.3) is 17.0 Å². The maximum atomic E-state index is 13.0. The summed E-state index contributed by atoms with van der Waals surface area (Å²) in [7, 11) is 0. The molecule has 5 rings (SSSR count). The summed E-state index contributed by atoms with van der Waals surface area (Å²) in [5.74, 6) is -0.236. The van der Waals surface area contributed by atoms with Crippen molar-refractivity contribution in [1.29, 1.82) is 0 Å². The lowest BCUT2D eigenvalue weighted by atomic mass is 10.1. The Bertz CT molecular complexity index is 1340. The molecule has 2 amide bonds. The lowest BCUT2D eigenvalue weighted by Gasteiger charge is -2.12. The number of carbonyl (C=O) groups is 2. The van der Waals surface area contributed by atoms with Gasteiger partial charge in [0.1, 0.15) is 0 Å². The van der Waals surface area contributed by atoms with E-state index in [1.807, 2.05) is 67.6 Å². The average Bonchev–Trinajstić information content (AvgIpc) is 3.28. The summed E-state index contributed by atoms with van der Waals surface area (Å²) in [4.78, 5) is 27.4. The zero-order chi connectivity index (χ0) is 22.1. The second kappa shape index (κ2) is 8.52. The van der Waals surface area contributed by atoms with Crippen LogP contribution in [0.5, 0.6) is 0 Å². The summed E-state index contributed by atoms with van der Waals surface area (Å²) in [6, 6.07) is 26.3. The lowest BCUT2D eigenvalue weighted by Crippen LogP contribution is -2.27. The number of carbonyl (C=O) groups excluding carboxylic acids is 2. The van der Waals surface area contributed by atoms with Gasteiger partial charge in [-0.05, 0) is 42.0 Å². The number of aryl methyl sites for hydroxylation is 1. The van der Waals surface area contributed by atoms with Gasteiger partial charge in [0.25, 0.3) is 11.1 Å². The number of aromatic nitrogens is 1. The molecule has 1 saturated heterocycles. The Morgan fingerprint density at radius 1 is 0.812 bits per heavy atom. The number of amides is 2. The fourth-order valence-corrected chi connectivity index (χ4v) is 4.78. The van der Waals surface area contributed by atoms with E-state index in [4.69, 9.17) is 0 Å². The van der Waals surface area contributed by atoms with Gasteiger partial charge in [-0.25, -0.2) is 0 Å². The smallest absolute Gasteiger partial charge is 0.293 e. The first kappa shape index (κ1) is 20.3. The Kier molecular flexibility index (Phi) is 5.41. The van der Waals surface area contributed by atoms with E-state index < -0.39 is 0 Å². The van der Waals surface area contributed by atoms with Crippen LogP contribution in [0, 0.1) is 6.92 Å². The summed E-state index contributed by atoms with van der Waals surface area (Å²) < 4.78 is 2.19. The molecule has 2 heterocycles. The number of fused-ring (bicyclic) bond motifs is 1. The summed E-state index contributed by atoms with van der Waals surface area (Å²) in [6.07, 6.45) is 3.91. The number of para-hydroxylation sites is 1. The van der Waals surface area contributed by atoms with Crippen LogP contribution in [-0.2, 0) is 17.9 Å². The molecule has 4 nitrogen and oxygen atoms in total. The molecule has 0 bridgehead atoms. The van der Waals surface area contributed by atoms with E-state index in [0.29, 0.717) is 4.91 Å². The number of imide groups is 1. The van der Waals surface area contributed by atoms with E-state index >= 15 is 0 Å². The Morgan fingerprint density at radius 2 is 1.50 bits per heavy atom. The van der Waals surface area contributed by atoms with Crippen LogP contribution in [0.2, 0.25) is 0 Å². The van der Waals surface area contributed by atoms with Gasteiger partial charge in [-0.1, -0.05) is 78.4 Å². The lowest BCUT2D eigenvalue weighted by molar-refractivity contribution is -0.123. The minimum atomic E-state index is -0.236. The third kappa shape index (κ3) is 3.99. The molecule has 0 aliphatic carbocycles. The van der Waals surface area contributed by atoms with Crippen molar-refractivity contribution in [3.63, 3.8) is 0 Å². The number of hydrogen-bond donors (Lipinski definition) is 0. The minimum absolute atomic E-state index is 0.227. The molecule has 1 aliphatic heterocycles. The molecule has 1 aromatic heterocycles. The molecule has 0 saturated carbocycles. The Hall–Kier alpha value is -3.57. The molecule has 158 valence electrons. The molecule has 3 aromatic carbocycles. The Morgan fingerprint density at radius 3 is 2.28 bits per heavy atom. The van der Waals surface area contributed by atoms with Crippen molar-refractivity contribution in [1.82, 2.24) is 9.47 Å². The second-order valence-corrected chi connectivity index (χ2v) is 8.96. The SMILES string of the molecule is Cc1ccc(CN2C(=O)S/C(=C\c3cn(Cc4ccccc4)c4ccccc34)C2=O)cc1. The number of benzene rings is 3. The molecule has 0 spiro atoms. The van der Waals surface area contributed by atoms with Crippen LogP contribution in [-0.4, -0.2) is 20.6 Å². The van der Waals surface area contributed by atoms with Gasteiger partial charge in [-0.3, -0.25) is 14.5 Å². The summed E-state index contributed by atoms with van der Waals surface area (Å²) >= 11 is 1.01. The molecule has 1 aliphatic rings. The molecule has 0 unspecified atom stereocenters. The standard InChI is InChI=1S/C27H22N2O2S/c1-19-11-13-21(14-12-19)17-29-26(30)25(32-27(29)31)15-22-18-28(16-20-7-3-2-4-8-20)24-10-6-5-9-23(22)24/h2-15,18H,16-17H2,1H3/b25-15-. The Labute approximate surface area is 191 Å². The Balaban J connectivity index is 1.45. The normalized spacial score (nSPS) is 15.3. The number of hydrogen-bond acceptors (Lipinski definition) is 3. The summed E-state index contributed by atoms with van der Waals surface area (Å²) in [5.41, 5.74) is 5.34. The molecule has 0 atom stereocenters. The largest absolute Gasteiger partial charge is 0.342 e. The predicted molar refractivity (Wildman–Crippen MR) is 130 cm³/mol. The van der Waals surface area contributed by atoms with Gasteiger partial charge >= 0.3 is 0 Å². The molecule has 5 heteroatoms. The van der Waals surface area contributed by atoms with E-state index in [1.165, 1.54) is 10.5 Å². The molecule has 1 fully saturated rings. The predicted octanol–water partition coefficient (Wildman–Crippen LogP) is 6.23. The van der Waals surface area contributed by atoms with E-state index in [0.717, 1.165) is 45.9 Å². The van der Waals surface area contributed by atoms with Crippen LogP contribution in [0.4, 0.5) is 4.79 Å². The first-order valence-corrected chi connectivity index (χ1v) is 11.3. The summed E-state index contributed by atoms with van der Waals surface area (Å²) in [5, 5.41) is 0.837. The fourth-order valence-electron chi connectivity index (χ4n) is 3.95. The van der Waals surface area contributed by atoms with Crippen molar-refractivity contribution < 1.29 is 9.59 Å². The van der Waals surface area contributed by atoms with Crippen molar-refractivity contribution in [2.75, 3.05) is 0 Å². The van der Waals surface area contributed by atoms with Gasteiger partial charge in [-0.15, -0.1) is 0 Å². The van der Waals surface area contributed by atoms with Crippen molar-refractivity contribution in [3.05, 3.63) is 112 Å². The van der Waals surface area contributed by atoms with E-state index in [9.17, 15) is 9.59 Å². The number of nitrogens with zero attached hydrogens (tertiary/aromatic N) is 2. The average molecular weight is 439 g/mol. The van der Waals surface area contributed by atoms with Gasteiger partial charge in [0.15, 0.2) is 0 Å². The maximum Gasteiger partial charge on any atom is 0.293 e. The van der Waals surface area contributed by atoms with E-state index in [-0.39, 0.29) is 17.7 Å². The van der Waals surface area contributed by atoms with Crippen molar-refractivity contribution >= 4 is 39.9 Å². The van der Waals surface area contributed by atoms with Gasteiger partial charge < -0.3 is 4.57 Å². The number of thioether (sulfide) groups is 1. The van der Waals surface area contributed by atoms with E-state index in [2.05, 4.69) is 35.0 Å². The zero-order valence-corrected chi connectivity index (χ0v) is 18.5. The molecular weight excluding hydrogens is 416 g/mol. The van der Waals surface area contributed by atoms with E-state index in [1.54, 1.807) is 0 Å². The highest BCUT2D eigenvalue weighted by Gasteiger charge is 2.35. The monoisotopic (exact) mass is 438 g/mol. The minimum Gasteiger partial charge on any atom is -0.342 e. The van der Waals surface area contributed by atoms with Gasteiger partial charge in [-0.2, -0.15) is 0 Å².